The van der Waals surface area contributed by atoms with Crippen molar-refractivity contribution < 1.29 is 22.0 Å². The number of rotatable bonds is 8. The molecule has 5 aromatic rings. The van der Waals surface area contributed by atoms with Gasteiger partial charge in [-0.25, -0.2) is 27.2 Å². The zero-order chi connectivity index (χ0) is 27.1. The van der Waals surface area contributed by atoms with Gasteiger partial charge in [0.05, 0.1) is 34.4 Å². The molecular weight excluding hydrogens is 526 g/mol. The largest absolute Gasteiger partial charge is 0.287 e. The number of nitrogens with zero attached hydrogens (tertiary/aromatic N) is 4. The average molecular weight is 547 g/mol. The molecule has 0 amide bonds. The summed E-state index contributed by atoms with van der Waals surface area (Å²) in [5.41, 5.74) is 0.175. The highest BCUT2D eigenvalue weighted by Gasteiger charge is 2.28. The highest BCUT2D eigenvalue weighted by molar-refractivity contribution is 7.91. The van der Waals surface area contributed by atoms with Crippen LogP contribution in [0.4, 0.5) is 14.5 Å². The first-order chi connectivity index (χ1) is 18.8. The molecule has 0 bridgehead atoms. The summed E-state index contributed by atoms with van der Waals surface area (Å²) in [7, 11) is -4.06. The fourth-order valence-corrected chi connectivity index (χ4v) is 5.42. The number of carbonyl (C=O) groups is 1. The number of aromatic amines is 1. The zero-order valence-electron chi connectivity index (χ0n) is 20.2. The van der Waals surface area contributed by atoms with Crippen LogP contribution >= 0.6 is 0 Å². The van der Waals surface area contributed by atoms with Crippen LogP contribution in [0.1, 0.15) is 46.2 Å². The molecule has 0 saturated heterocycles. The lowest BCUT2D eigenvalue weighted by molar-refractivity contribution is 0.102. The van der Waals surface area contributed by atoms with Gasteiger partial charge in [0.25, 0.3) is 0 Å². The second kappa shape index (κ2) is 9.62. The van der Waals surface area contributed by atoms with Gasteiger partial charge in [0, 0.05) is 29.3 Å². The summed E-state index contributed by atoms with van der Waals surface area (Å²) in [6, 6.07) is 11.6. The van der Waals surface area contributed by atoms with E-state index in [1.165, 1.54) is 6.20 Å². The van der Waals surface area contributed by atoms with E-state index in [2.05, 4.69) is 29.9 Å². The molecule has 12 heteroatoms. The van der Waals surface area contributed by atoms with Crippen LogP contribution in [0.15, 0.2) is 67.1 Å². The van der Waals surface area contributed by atoms with E-state index in [1.54, 1.807) is 48.8 Å². The highest BCUT2D eigenvalue weighted by Crippen LogP contribution is 2.38. The Bertz CT molecular complexity index is 1820. The van der Waals surface area contributed by atoms with Crippen LogP contribution in [0.25, 0.3) is 22.2 Å². The van der Waals surface area contributed by atoms with Crippen molar-refractivity contribution in [3.63, 3.8) is 0 Å². The summed E-state index contributed by atoms with van der Waals surface area (Å²) in [4.78, 5) is 26.5. The summed E-state index contributed by atoms with van der Waals surface area (Å²) in [5, 5.41) is 6.91. The van der Waals surface area contributed by atoms with Crippen LogP contribution in [-0.2, 0) is 15.8 Å². The van der Waals surface area contributed by atoms with Crippen molar-refractivity contribution in [3.8, 4) is 11.3 Å². The van der Waals surface area contributed by atoms with Gasteiger partial charge >= 0.3 is 0 Å². The monoisotopic (exact) mass is 546 g/mol. The first-order valence-electron chi connectivity index (χ1n) is 12.0. The number of sulfonamides is 1. The number of hydrogen-bond donors (Lipinski definition) is 2. The third-order valence-corrected chi connectivity index (χ3v) is 7.60. The average Bonchev–Trinajstić information content (AvgIpc) is 3.69. The predicted octanol–water partition coefficient (Wildman–Crippen LogP) is 4.74. The van der Waals surface area contributed by atoms with E-state index in [0.717, 1.165) is 30.8 Å². The van der Waals surface area contributed by atoms with Crippen LogP contribution < -0.4 is 4.72 Å². The molecule has 3 aromatic heterocycles. The number of benzene rings is 2. The van der Waals surface area contributed by atoms with Gasteiger partial charge in [-0.05, 0) is 36.6 Å². The lowest BCUT2D eigenvalue weighted by atomic mass is 10.0. The van der Waals surface area contributed by atoms with Crippen molar-refractivity contribution in [1.29, 1.82) is 0 Å². The standard InChI is InChI=1S/C27H20F2N6O3S/c28-19-8-9-20(35-39(37,38)14-15-4-2-1-3-5-15)24(29)23(19)26(36)25-18-10-21(30-13-22(18)33-34-25)17-11-31-27(32-12-17)16-6-7-16/h1-5,8-13,16,35H,6-7,14H2,(H,33,34). The number of nitrogens with one attached hydrogen (secondary N) is 2. The molecular formula is C27H20F2N6O3S. The maximum Gasteiger partial charge on any atom is 0.237 e. The number of carbonyl (C=O) groups excluding carboxylic acids is 1. The molecule has 1 aliphatic rings. The Morgan fingerprint density at radius 3 is 2.46 bits per heavy atom. The van der Waals surface area contributed by atoms with Crippen molar-refractivity contribution in [2.24, 2.45) is 0 Å². The Kier molecular flexibility index (Phi) is 6.10. The number of aromatic nitrogens is 5. The Hall–Kier alpha value is -4.58. The summed E-state index contributed by atoms with van der Waals surface area (Å²) in [6.07, 6.45) is 6.85. The van der Waals surface area contributed by atoms with Gasteiger partial charge in [-0.3, -0.25) is 19.6 Å². The number of fused-ring (bicyclic) bond motifs is 1. The molecule has 0 spiro atoms. The van der Waals surface area contributed by atoms with E-state index in [4.69, 9.17) is 0 Å². The van der Waals surface area contributed by atoms with Crippen molar-refractivity contribution in [2.45, 2.75) is 24.5 Å². The second-order valence-electron chi connectivity index (χ2n) is 9.25. The lowest BCUT2D eigenvalue weighted by Crippen LogP contribution is -2.18. The molecule has 0 atom stereocenters. The van der Waals surface area contributed by atoms with Crippen LogP contribution in [0.2, 0.25) is 0 Å². The van der Waals surface area contributed by atoms with E-state index in [9.17, 15) is 17.6 Å². The first-order valence-corrected chi connectivity index (χ1v) is 13.7. The molecule has 0 radical (unpaired) electrons. The molecule has 0 unspecified atom stereocenters. The number of hydrogen-bond acceptors (Lipinski definition) is 7. The third kappa shape index (κ3) is 4.98. The Morgan fingerprint density at radius 1 is 1.00 bits per heavy atom. The molecule has 2 N–H and O–H groups in total. The smallest absolute Gasteiger partial charge is 0.237 e. The van der Waals surface area contributed by atoms with E-state index >= 15 is 4.39 Å². The van der Waals surface area contributed by atoms with Crippen LogP contribution in [0, 0.1) is 11.6 Å². The Balaban J connectivity index is 1.32. The minimum atomic E-state index is -4.06. The summed E-state index contributed by atoms with van der Waals surface area (Å²) in [5.74, 6) is -2.83. The fraction of sp³-hybridized carbons (Fsp3) is 0.148. The van der Waals surface area contributed by atoms with Crippen molar-refractivity contribution in [1.82, 2.24) is 25.1 Å². The second-order valence-corrected chi connectivity index (χ2v) is 11.0. The predicted molar refractivity (Wildman–Crippen MR) is 139 cm³/mol. The maximum atomic E-state index is 15.4. The van der Waals surface area contributed by atoms with Gasteiger partial charge in [0.1, 0.15) is 17.3 Å². The van der Waals surface area contributed by atoms with Crippen LogP contribution in [0.3, 0.4) is 0 Å². The highest BCUT2D eigenvalue weighted by atomic mass is 32.2. The maximum absolute atomic E-state index is 15.4. The summed E-state index contributed by atoms with van der Waals surface area (Å²) < 4.78 is 57.6. The quantitative estimate of drug-likeness (QED) is 0.269. The molecule has 9 nitrogen and oxygen atoms in total. The molecule has 1 saturated carbocycles. The SMILES string of the molecule is O=C(c1c(F)ccc(NS(=O)(=O)Cc2ccccc2)c1F)c1n[nH]c2cnc(-c3cnc(C4CC4)nc3)cc12. The van der Waals surface area contributed by atoms with Gasteiger partial charge in [-0.15, -0.1) is 0 Å². The van der Waals surface area contributed by atoms with Gasteiger partial charge in [0.2, 0.25) is 15.8 Å². The van der Waals surface area contributed by atoms with Gasteiger partial charge in [-0.2, -0.15) is 5.10 Å². The Morgan fingerprint density at radius 2 is 1.74 bits per heavy atom. The molecule has 39 heavy (non-hydrogen) atoms. The van der Waals surface area contributed by atoms with E-state index in [0.29, 0.717) is 28.3 Å². The van der Waals surface area contributed by atoms with Crippen molar-refractivity contribution >= 4 is 32.4 Å². The normalized spacial score (nSPS) is 13.5. The third-order valence-electron chi connectivity index (χ3n) is 6.36. The fourth-order valence-electron chi connectivity index (χ4n) is 4.23. The molecule has 1 aliphatic carbocycles. The van der Waals surface area contributed by atoms with Crippen molar-refractivity contribution in [3.05, 3.63) is 101 Å². The minimum Gasteiger partial charge on any atom is -0.287 e. The number of H-pyrrole nitrogens is 1. The number of anilines is 1. The lowest BCUT2D eigenvalue weighted by Gasteiger charge is -2.12. The van der Waals surface area contributed by atoms with E-state index < -0.39 is 44.4 Å². The topological polar surface area (TPSA) is 131 Å². The molecule has 196 valence electrons. The van der Waals surface area contributed by atoms with Crippen molar-refractivity contribution in [2.75, 3.05) is 4.72 Å². The molecule has 1 fully saturated rings. The molecule has 2 aromatic carbocycles. The summed E-state index contributed by atoms with van der Waals surface area (Å²) in [6.45, 7) is 0. The van der Waals surface area contributed by atoms with E-state index in [1.807, 2.05) is 0 Å². The zero-order valence-corrected chi connectivity index (χ0v) is 21.0. The van der Waals surface area contributed by atoms with Crippen LogP contribution in [0.5, 0.6) is 0 Å². The van der Waals surface area contributed by atoms with E-state index in [-0.39, 0.29) is 11.1 Å². The number of ketones is 1. The van der Waals surface area contributed by atoms with Crippen LogP contribution in [-0.4, -0.2) is 39.4 Å². The number of halogens is 2. The number of pyridine rings is 1. The Labute approximate surface area is 221 Å². The molecule has 0 aliphatic heterocycles. The molecule has 6 rings (SSSR count). The van der Waals surface area contributed by atoms with Gasteiger partial charge < -0.3 is 0 Å². The van der Waals surface area contributed by atoms with Gasteiger partial charge in [0.15, 0.2) is 5.82 Å². The molecule has 3 heterocycles. The first kappa shape index (κ1) is 24.7. The summed E-state index contributed by atoms with van der Waals surface area (Å²) >= 11 is 0. The van der Waals surface area contributed by atoms with Gasteiger partial charge in [-0.1, -0.05) is 30.3 Å². The minimum absolute atomic E-state index is 0.244.